The first-order valence-corrected chi connectivity index (χ1v) is 5.31. The summed E-state index contributed by atoms with van der Waals surface area (Å²) in [5.74, 6) is -1.90. The first-order chi connectivity index (χ1) is 8.57. The van der Waals surface area contributed by atoms with Crippen LogP contribution in [0.5, 0.6) is 0 Å². The second-order valence-electron chi connectivity index (χ2n) is 3.35. The number of aliphatic hydroxyl groups is 1. The van der Waals surface area contributed by atoms with Crippen LogP contribution in [0.3, 0.4) is 0 Å². The zero-order valence-electron chi connectivity index (χ0n) is 8.81. The van der Waals surface area contributed by atoms with Gasteiger partial charge in [0.05, 0.1) is 10.5 Å². The summed E-state index contributed by atoms with van der Waals surface area (Å²) in [7, 11) is 0. The molecule has 6 nitrogen and oxygen atoms in total. The van der Waals surface area contributed by atoms with E-state index in [9.17, 15) is 33.2 Å². The minimum Gasteiger partial charge on any atom is -0.479 e. The van der Waals surface area contributed by atoms with E-state index in [2.05, 4.69) is 15.9 Å². The van der Waals surface area contributed by atoms with Crippen LogP contribution in [0.1, 0.15) is 17.2 Å². The average Bonchev–Trinajstić information content (AvgIpc) is 2.25. The summed E-state index contributed by atoms with van der Waals surface area (Å²) < 4.78 is 37.6. The predicted molar refractivity (Wildman–Crippen MR) is 58.4 cm³/mol. The van der Waals surface area contributed by atoms with Crippen molar-refractivity contribution in [2.45, 2.75) is 12.3 Å². The first-order valence-electron chi connectivity index (χ1n) is 4.52. The van der Waals surface area contributed by atoms with Crippen LogP contribution in [-0.4, -0.2) is 21.1 Å². The molecule has 0 spiro atoms. The van der Waals surface area contributed by atoms with Crippen molar-refractivity contribution < 1.29 is 33.1 Å². The highest BCUT2D eigenvalue weighted by molar-refractivity contribution is 9.10. The topological polar surface area (TPSA) is 101 Å². The summed E-state index contributed by atoms with van der Waals surface area (Å²) in [6, 6.07) is 1.22. The number of alkyl halides is 3. The number of nitro groups is 1. The summed E-state index contributed by atoms with van der Waals surface area (Å²) in [6.45, 7) is 0. The van der Waals surface area contributed by atoms with Crippen LogP contribution in [0.15, 0.2) is 16.6 Å². The molecule has 0 saturated carbocycles. The number of nitro benzene ring substituents is 1. The Morgan fingerprint density at radius 1 is 1.42 bits per heavy atom. The third kappa shape index (κ3) is 3.01. The Morgan fingerprint density at radius 3 is 2.32 bits per heavy atom. The fourth-order valence-electron chi connectivity index (χ4n) is 1.39. The van der Waals surface area contributed by atoms with E-state index in [4.69, 9.17) is 5.11 Å². The second-order valence-corrected chi connectivity index (χ2v) is 4.21. The van der Waals surface area contributed by atoms with Crippen molar-refractivity contribution in [2.24, 2.45) is 0 Å². The number of hydrogen-bond acceptors (Lipinski definition) is 4. The van der Waals surface area contributed by atoms with Gasteiger partial charge in [-0.25, -0.2) is 4.79 Å². The molecule has 0 aliphatic rings. The lowest BCUT2D eigenvalue weighted by atomic mass is 10.0. The number of benzene rings is 1. The molecule has 2 N–H and O–H groups in total. The molecule has 0 heterocycles. The van der Waals surface area contributed by atoms with Crippen molar-refractivity contribution in [2.75, 3.05) is 0 Å². The Bertz CT molecular complexity index is 545. The largest absolute Gasteiger partial charge is 0.479 e. The van der Waals surface area contributed by atoms with Crippen molar-refractivity contribution >= 4 is 27.6 Å². The van der Waals surface area contributed by atoms with Gasteiger partial charge >= 0.3 is 12.1 Å². The Hall–Kier alpha value is -1.68. The van der Waals surface area contributed by atoms with Crippen molar-refractivity contribution in [1.82, 2.24) is 0 Å². The quantitative estimate of drug-likeness (QED) is 0.648. The number of carbonyl (C=O) groups is 1. The summed E-state index contributed by atoms with van der Waals surface area (Å²) in [4.78, 5) is 20.0. The molecule has 0 amide bonds. The summed E-state index contributed by atoms with van der Waals surface area (Å²) in [5, 5.41) is 28.6. The van der Waals surface area contributed by atoms with Gasteiger partial charge in [-0.3, -0.25) is 10.1 Å². The number of rotatable bonds is 3. The monoisotopic (exact) mass is 343 g/mol. The van der Waals surface area contributed by atoms with Crippen molar-refractivity contribution in [3.05, 3.63) is 37.8 Å². The van der Waals surface area contributed by atoms with Gasteiger partial charge in [0.2, 0.25) is 0 Å². The van der Waals surface area contributed by atoms with Crippen LogP contribution in [0.2, 0.25) is 0 Å². The normalized spacial score (nSPS) is 13.1. The van der Waals surface area contributed by atoms with Crippen LogP contribution in [0, 0.1) is 10.1 Å². The predicted octanol–water partition coefficient (Wildman–Crippen LogP) is 2.49. The summed E-state index contributed by atoms with van der Waals surface area (Å²) >= 11 is 2.69. The molecule has 19 heavy (non-hydrogen) atoms. The minimum atomic E-state index is -5.05. The molecule has 0 saturated heterocycles. The molecule has 1 aromatic rings. The average molecular weight is 344 g/mol. The van der Waals surface area contributed by atoms with E-state index in [0.717, 1.165) is 6.07 Å². The van der Waals surface area contributed by atoms with E-state index >= 15 is 0 Å². The van der Waals surface area contributed by atoms with Gasteiger partial charge < -0.3 is 10.2 Å². The Morgan fingerprint density at radius 2 is 1.95 bits per heavy atom. The highest BCUT2D eigenvalue weighted by atomic mass is 79.9. The van der Waals surface area contributed by atoms with Gasteiger partial charge in [0.15, 0.2) is 6.10 Å². The molecule has 0 aromatic heterocycles. The number of hydrogen-bond donors (Lipinski definition) is 2. The molecule has 0 radical (unpaired) electrons. The lowest BCUT2D eigenvalue weighted by Crippen LogP contribution is -2.17. The first kappa shape index (κ1) is 15.4. The number of carboxylic acids is 1. The van der Waals surface area contributed by atoms with Crippen LogP contribution in [0.25, 0.3) is 0 Å². The molecule has 104 valence electrons. The Balaban J connectivity index is 3.70. The standard InChI is InChI=1S/C9H5BrF3NO5/c10-4-2-1-3(9(11,12)13)6(14(18)19)5(4)7(15)8(16)17/h1-2,7,15H,(H,16,17). The Labute approximate surface area is 111 Å². The fourth-order valence-corrected chi connectivity index (χ4v) is 1.93. The number of carboxylic acid groups (broad SMARTS) is 1. The maximum Gasteiger partial charge on any atom is 0.423 e. The second kappa shape index (κ2) is 5.13. The Kier molecular flexibility index (Phi) is 4.15. The summed E-state index contributed by atoms with van der Waals surface area (Å²) in [5.41, 5.74) is -4.07. The highest BCUT2D eigenvalue weighted by Gasteiger charge is 2.42. The van der Waals surface area contributed by atoms with Crippen LogP contribution >= 0.6 is 15.9 Å². The van der Waals surface area contributed by atoms with Gasteiger partial charge in [-0.1, -0.05) is 15.9 Å². The minimum absolute atomic E-state index is 0.304. The van der Waals surface area contributed by atoms with E-state index in [1.54, 1.807) is 0 Å². The zero-order chi connectivity index (χ0) is 15.0. The molecular formula is C9H5BrF3NO5. The third-order valence-corrected chi connectivity index (χ3v) is 2.85. The molecule has 0 aliphatic carbocycles. The molecule has 0 aliphatic heterocycles. The van der Waals surface area contributed by atoms with E-state index in [0.29, 0.717) is 6.07 Å². The van der Waals surface area contributed by atoms with Crippen molar-refractivity contribution in [3.63, 3.8) is 0 Å². The summed E-state index contributed by atoms with van der Waals surface area (Å²) in [6.07, 6.45) is -7.49. The number of nitrogens with zero attached hydrogens (tertiary/aromatic N) is 1. The van der Waals surface area contributed by atoms with Crippen LogP contribution in [-0.2, 0) is 11.0 Å². The SMILES string of the molecule is O=C(O)C(O)c1c(Br)ccc(C(F)(F)F)c1[N+](=O)[O-]. The molecule has 1 unspecified atom stereocenters. The van der Waals surface area contributed by atoms with Crippen molar-refractivity contribution in [3.8, 4) is 0 Å². The molecule has 1 atom stereocenters. The van der Waals surface area contributed by atoms with Gasteiger partial charge in [-0.15, -0.1) is 0 Å². The molecule has 1 rings (SSSR count). The van der Waals surface area contributed by atoms with Crippen molar-refractivity contribution in [1.29, 1.82) is 0 Å². The van der Waals surface area contributed by atoms with E-state index in [-0.39, 0.29) is 4.47 Å². The third-order valence-electron chi connectivity index (χ3n) is 2.16. The fraction of sp³-hybridized carbons (Fsp3) is 0.222. The van der Waals surface area contributed by atoms with Crippen LogP contribution in [0.4, 0.5) is 18.9 Å². The maximum absolute atomic E-state index is 12.6. The van der Waals surface area contributed by atoms with Gasteiger partial charge in [-0.05, 0) is 12.1 Å². The smallest absolute Gasteiger partial charge is 0.423 e. The van der Waals surface area contributed by atoms with E-state index < -0.39 is 40.0 Å². The lowest BCUT2D eigenvalue weighted by Gasteiger charge is -2.14. The molecule has 10 heteroatoms. The lowest BCUT2D eigenvalue weighted by molar-refractivity contribution is -0.389. The van der Waals surface area contributed by atoms with Crippen LogP contribution < -0.4 is 0 Å². The number of aliphatic hydroxyl groups excluding tert-OH is 1. The van der Waals surface area contributed by atoms with Gasteiger partial charge in [0.25, 0.3) is 5.69 Å². The molecule has 1 aromatic carbocycles. The van der Waals surface area contributed by atoms with E-state index in [1.165, 1.54) is 0 Å². The molecule has 0 bridgehead atoms. The van der Waals surface area contributed by atoms with Gasteiger partial charge in [0, 0.05) is 4.47 Å². The van der Waals surface area contributed by atoms with E-state index in [1.807, 2.05) is 0 Å². The van der Waals surface area contributed by atoms with Gasteiger partial charge in [0.1, 0.15) is 5.56 Å². The number of aliphatic carboxylic acids is 1. The number of halogens is 4. The highest BCUT2D eigenvalue weighted by Crippen LogP contribution is 2.42. The molecule has 0 fully saturated rings. The van der Waals surface area contributed by atoms with Gasteiger partial charge in [-0.2, -0.15) is 13.2 Å². The molecular weight excluding hydrogens is 339 g/mol. The maximum atomic E-state index is 12.6. The zero-order valence-corrected chi connectivity index (χ0v) is 10.4.